The van der Waals surface area contributed by atoms with Crippen LogP contribution in [0.3, 0.4) is 0 Å². The molecule has 0 saturated heterocycles. The molecule has 1 fully saturated rings. The number of methoxy groups -OCH3 is 1. The first-order valence-electron chi connectivity index (χ1n) is 10.0. The molecule has 0 spiro atoms. The summed E-state index contributed by atoms with van der Waals surface area (Å²) in [6, 6.07) is 10.0. The minimum absolute atomic E-state index is 0.276. The van der Waals surface area contributed by atoms with Crippen LogP contribution in [-0.2, 0) is 4.74 Å². The molecule has 1 aromatic carbocycles. The number of aromatic amines is 1. The Kier molecular flexibility index (Phi) is 5.72. The number of rotatable bonds is 5. The van der Waals surface area contributed by atoms with E-state index in [4.69, 9.17) is 0 Å². The molecule has 1 saturated carbocycles. The van der Waals surface area contributed by atoms with Gasteiger partial charge in [-0.15, -0.1) is 0 Å². The number of ether oxygens (including phenoxy) is 1. The number of hydrogen-bond acceptors (Lipinski definition) is 6. The van der Waals surface area contributed by atoms with Crippen molar-refractivity contribution < 1.29 is 19.4 Å². The second-order valence-electron chi connectivity index (χ2n) is 7.56. The van der Waals surface area contributed by atoms with Crippen molar-refractivity contribution in [3.8, 4) is 0 Å². The van der Waals surface area contributed by atoms with Gasteiger partial charge in [0.25, 0.3) is 0 Å². The van der Waals surface area contributed by atoms with E-state index in [0.717, 1.165) is 18.4 Å². The Labute approximate surface area is 178 Å². The van der Waals surface area contributed by atoms with E-state index in [9.17, 15) is 14.7 Å². The van der Waals surface area contributed by atoms with Gasteiger partial charge >= 0.3 is 12.1 Å². The molecule has 162 valence electrons. The number of amides is 3. The smallest absolute Gasteiger partial charge is 0.412 e. The van der Waals surface area contributed by atoms with Crippen LogP contribution in [0.15, 0.2) is 42.6 Å². The van der Waals surface area contributed by atoms with Crippen molar-refractivity contribution in [3.63, 3.8) is 0 Å². The zero-order valence-corrected chi connectivity index (χ0v) is 17.0. The van der Waals surface area contributed by atoms with E-state index < -0.39 is 23.8 Å². The van der Waals surface area contributed by atoms with E-state index >= 15 is 0 Å². The summed E-state index contributed by atoms with van der Waals surface area (Å²) in [6.45, 7) is 0. The first kappa shape index (κ1) is 20.6. The number of nitrogens with zero attached hydrogens (tertiary/aromatic N) is 2. The van der Waals surface area contributed by atoms with Crippen LogP contribution >= 0.6 is 0 Å². The molecule has 1 aliphatic rings. The first-order chi connectivity index (χ1) is 15.0. The third kappa shape index (κ3) is 4.43. The largest absolute Gasteiger partial charge is 0.453 e. The summed E-state index contributed by atoms with van der Waals surface area (Å²) in [6.07, 6.45) is 3.93. The number of urea groups is 1. The van der Waals surface area contributed by atoms with E-state index in [1.54, 1.807) is 6.07 Å². The molecule has 1 unspecified atom stereocenters. The van der Waals surface area contributed by atoms with Crippen LogP contribution < -0.4 is 16.0 Å². The number of aliphatic hydroxyl groups is 1. The lowest BCUT2D eigenvalue weighted by Crippen LogP contribution is -2.45. The zero-order valence-electron chi connectivity index (χ0n) is 17.0. The Balaban J connectivity index is 1.50. The second-order valence-corrected chi connectivity index (χ2v) is 7.56. The van der Waals surface area contributed by atoms with Gasteiger partial charge in [-0.05, 0) is 18.4 Å². The molecule has 1 aliphatic carbocycles. The van der Waals surface area contributed by atoms with Gasteiger partial charge in [-0.3, -0.25) is 15.7 Å². The first-order valence-corrected chi connectivity index (χ1v) is 10.0. The molecule has 3 aromatic rings. The van der Waals surface area contributed by atoms with Gasteiger partial charge in [-0.1, -0.05) is 43.2 Å². The lowest BCUT2D eigenvalue weighted by Gasteiger charge is -2.33. The molecule has 31 heavy (non-hydrogen) atoms. The molecule has 4 rings (SSSR count). The molecular weight excluding hydrogens is 400 g/mol. The minimum atomic E-state index is -0.992. The van der Waals surface area contributed by atoms with Gasteiger partial charge < -0.3 is 15.2 Å². The standard InChI is InChI=1S/C21H24N6O4/c1-31-20(29)25-18-14-12-22-16(11-15(14)26-27-18)23-19(28)24-17(13-7-3-2-4-8-13)21(30)9-5-6-10-21/h2-4,7-8,11-12,17,30H,5-6,9-10H2,1H3,(H2,22,23,24,28)(H2,25,26,27,29). The molecule has 2 heterocycles. The Morgan fingerprint density at radius 1 is 1.19 bits per heavy atom. The predicted octanol–water partition coefficient (Wildman–Crippen LogP) is 3.30. The highest BCUT2D eigenvalue weighted by molar-refractivity contribution is 5.98. The molecule has 10 heteroatoms. The number of pyridine rings is 1. The molecule has 5 N–H and O–H groups in total. The van der Waals surface area contributed by atoms with E-state index in [2.05, 4.69) is 35.9 Å². The lowest BCUT2D eigenvalue weighted by atomic mass is 9.87. The van der Waals surface area contributed by atoms with E-state index in [1.807, 2.05) is 30.3 Å². The number of carbonyl (C=O) groups excluding carboxylic acids is 2. The van der Waals surface area contributed by atoms with Gasteiger partial charge in [0, 0.05) is 12.3 Å². The highest BCUT2D eigenvalue weighted by Crippen LogP contribution is 2.39. The molecule has 3 amide bonds. The Morgan fingerprint density at radius 3 is 2.65 bits per heavy atom. The number of benzene rings is 1. The molecule has 0 aliphatic heterocycles. The molecule has 0 radical (unpaired) electrons. The number of nitrogens with one attached hydrogen (secondary N) is 4. The van der Waals surface area contributed by atoms with Crippen LogP contribution in [0.4, 0.5) is 21.2 Å². The third-order valence-electron chi connectivity index (χ3n) is 5.51. The number of H-pyrrole nitrogens is 1. The van der Waals surface area contributed by atoms with Crippen molar-refractivity contribution in [1.29, 1.82) is 0 Å². The summed E-state index contributed by atoms with van der Waals surface area (Å²) < 4.78 is 4.56. The number of aromatic nitrogens is 3. The molecule has 2 aromatic heterocycles. The average Bonchev–Trinajstić information content (AvgIpc) is 3.39. The van der Waals surface area contributed by atoms with Crippen molar-refractivity contribution >= 4 is 34.7 Å². The normalized spacial score (nSPS) is 15.9. The Hall–Kier alpha value is -3.66. The fraction of sp³-hybridized carbons (Fsp3) is 0.333. The van der Waals surface area contributed by atoms with Gasteiger partial charge in [0.15, 0.2) is 5.82 Å². The van der Waals surface area contributed by atoms with Crippen molar-refractivity contribution in [3.05, 3.63) is 48.2 Å². The highest BCUT2D eigenvalue weighted by Gasteiger charge is 2.41. The van der Waals surface area contributed by atoms with Crippen molar-refractivity contribution in [2.75, 3.05) is 17.7 Å². The van der Waals surface area contributed by atoms with Crippen molar-refractivity contribution in [2.45, 2.75) is 37.3 Å². The van der Waals surface area contributed by atoms with E-state index in [1.165, 1.54) is 13.3 Å². The van der Waals surface area contributed by atoms with Crippen LogP contribution in [0, 0.1) is 0 Å². The molecular formula is C21H24N6O4. The van der Waals surface area contributed by atoms with Crippen LogP contribution in [0.5, 0.6) is 0 Å². The summed E-state index contributed by atoms with van der Waals surface area (Å²) in [4.78, 5) is 28.4. The molecule has 10 nitrogen and oxygen atoms in total. The number of hydrogen-bond donors (Lipinski definition) is 5. The monoisotopic (exact) mass is 424 g/mol. The maximum Gasteiger partial charge on any atom is 0.412 e. The maximum atomic E-state index is 12.7. The predicted molar refractivity (Wildman–Crippen MR) is 115 cm³/mol. The van der Waals surface area contributed by atoms with Crippen LogP contribution in [0.25, 0.3) is 10.9 Å². The summed E-state index contributed by atoms with van der Waals surface area (Å²) in [7, 11) is 1.26. The van der Waals surface area contributed by atoms with Gasteiger partial charge in [0.1, 0.15) is 5.82 Å². The topological polar surface area (TPSA) is 141 Å². The van der Waals surface area contributed by atoms with Crippen LogP contribution in [0.1, 0.15) is 37.3 Å². The van der Waals surface area contributed by atoms with Crippen LogP contribution in [0.2, 0.25) is 0 Å². The van der Waals surface area contributed by atoms with Crippen LogP contribution in [-0.4, -0.2) is 45.1 Å². The van der Waals surface area contributed by atoms with Gasteiger partial charge in [-0.2, -0.15) is 5.10 Å². The third-order valence-corrected chi connectivity index (χ3v) is 5.51. The Morgan fingerprint density at radius 2 is 1.94 bits per heavy atom. The quantitative estimate of drug-likeness (QED) is 0.425. The summed E-state index contributed by atoms with van der Waals surface area (Å²) in [5.74, 6) is 0.571. The van der Waals surface area contributed by atoms with Crippen molar-refractivity contribution in [2.24, 2.45) is 0 Å². The van der Waals surface area contributed by atoms with Gasteiger partial charge in [0.2, 0.25) is 0 Å². The number of carbonyl (C=O) groups is 2. The summed E-state index contributed by atoms with van der Waals surface area (Å²) in [5, 5.41) is 26.6. The average molecular weight is 424 g/mol. The maximum absolute atomic E-state index is 12.7. The SMILES string of the molecule is COC(=O)Nc1n[nH]c2cc(NC(=O)NC(c3ccccc3)C3(O)CCCC3)ncc12. The number of anilines is 2. The summed E-state index contributed by atoms with van der Waals surface area (Å²) >= 11 is 0. The zero-order chi connectivity index (χ0) is 21.8. The highest BCUT2D eigenvalue weighted by atomic mass is 16.5. The molecule has 1 atom stereocenters. The van der Waals surface area contributed by atoms with Gasteiger partial charge in [-0.25, -0.2) is 14.6 Å². The van der Waals surface area contributed by atoms with Crippen molar-refractivity contribution in [1.82, 2.24) is 20.5 Å². The fourth-order valence-electron chi connectivity index (χ4n) is 3.96. The Bertz CT molecular complexity index is 1080. The van der Waals surface area contributed by atoms with E-state index in [-0.39, 0.29) is 5.82 Å². The fourth-order valence-corrected chi connectivity index (χ4v) is 3.96. The van der Waals surface area contributed by atoms with Gasteiger partial charge in [0.05, 0.1) is 29.7 Å². The summed E-state index contributed by atoms with van der Waals surface area (Å²) in [5.41, 5.74) is 0.428. The number of fused-ring (bicyclic) bond motifs is 1. The second kappa shape index (κ2) is 8.60. The minimum Gasteiger partial charge on any atom is -0.453 e. The van der Waals surface area contributed by atoms with E-state index in [0.29, 0.717) is 29.6 Å². The molecule has 0 bridgehead atoms. The lowest BCUT2D eigenvalue weighted by molar-refractivity contribution is 0.0113.